The van der Waals surface area contributed by atoms with Gasteiger partial charge in [0.2, 0.25) is 5.09 Å². The van der Waals surface area contributed by atoms with Crippen LogP contribution in [0, 0.1) is 0 Å². The zero-order chi connectivity index (χ0) is 25.2. The molecule has 8 nitrogen and oxygen atoms in total. The average molecular weight is 500 g/mol. The number of nitrogens with zero attached hydrogens (tertiary/aromatic N) is 3. The summed E-state index contributed by atoms with van der Waals surface area (Å²) in [4.78, 5) is 16.2. The summed E-state index contributed by atoms with van der Waals surface area (Å²) < 4.78 is 39.4. The molecular formula is C26H33N3O5S. The van der Waals surface area contributed by atoms with Crippen LogP contribution in [0.1, 0.15) is 34.1 Å². The minimum atomic E-state index is -3.85. The van der Waals surface area contributed by atoms with Gasteiger partial charge in [-0.3, -0.25) is 4.31 Å². The number of amides is 1. The summed E-state index contributed by atoms with van der Waals surface area (Å²) in [7, 11) is -3.85. The van der Waals surface area contributed by atoms with Crippen LogP contribution in [0.15, 0.2) is 64.1 Å². The van der Waals surface area contributed by atoms with Crippen LogP contribution in [0.5, 0.6) is 0 Å². The van der Waals surface area contributed by atoms with E-state index in [1.165, 1.54) is 4.31 Å². The van der Waals surface area contributed by atoms with Gasteiger partial charge >= 0.3 is 6.09 Å². The molecule has 0 bridgehead atoms. The second kappa shape index (κ2) is 9.81. The van der Waals surface area contributed by atoms with E-state index in [4.69, 9.17) is 9.15 Å². The molecule has 4 rings (SSSR count). The third kappa shape index (κ3) is 5.56. The molecule has 1 amide bonds. The Balaban J connectivity index is 1.48. The summed E-state index contributed by atoms with van der Waals surface area (Å²) >= 11 is 0. The monoisotopic (exact) mass is 499 g/mol. The van der Waals surface area contributed by atoms with Gasteiger partial charge in [0.1, 0.15) is 11.2 Å². The van der Waals surface area contributed by atoms with Crippen molar-refractivity contribution in [1.29, 1.82) is 0 Å². The van der Waals surface area contributed by atoms with Crippen LogP contribution in [0.4, 0.5) is 16.2 Å². The fraction of sp³-hybridized carbons (Fsp3) is 0.423. The first kappa shape index (κ1) is 24.9. The molecule has 0 N–H and O–H groups in total. The molecule has 35 heavy (non-hydrogen) atoms. The second-order valence-corrected chi connectivity index (χ2v) is 11.4. The number of furan rings is 1. The largest absolute Gasteiger partial charge is 0.444 e. The van der Waals surface area contributed by atoms with Gasteiger partial charge in [-0.2, -0.15) is 8.42 Å². The number of para-hydroxylation sites is 1. The Kier molecular flexibility index (Phi) is 6.98. The third-order valence-electron chi connectivity index (χ3n) is 5.81. The number of hydrogen-bond donors (Lipinski definition) is 0. The van der Waals surface area contributed by atoms with Gasteiger partial charge in [-0.1, -0.05) is 25.1 Å². The molecule has 1 aliphatic heterocycles. The molecule has 1 aromatic heterocycles. The lowest BCUT2D eigenvalue weighted by Gasteiger charge is -2.37. The molecule has 2 heterocycles. The topological polar surface area (TPSA) is 83.3 Å². The number of sulfonamides is 1. The van der Waals surface area contributed by atoms with E-state index < -0.39 is 15.6 Å². The maximum absolute atomic E-state index is 13.5. The van der Waals surface area contributed by atoms with Crippen LogP contribution in [-0.2, 0) is 14.8 Å². The molecule has 1 saturated heterocycles. The van der Waals surface area contributed by atoms with Crippen LogP contribution < -0.4 is 9.21 Å². The van der Waals surface area contributed by atoms with Gasteiger partial charge in [0.05, 0.1) is 5.69 Å². The van der Waals surface area contributed by atoms with Crippen molar-refractivity contribution in [1.82, 2.24) is 4.90 Å². The van der Waals surface area contributed by atoms with E-state index in [0.717, 1.165) is 11.1 Å². The maximum atomic E-state index is 13.5. The Bertz CT molecular complexity index is 1240. The van der Waals surface area contributed by atoms with E-state index in [0.29, 0.717) is 50.4 Å². The molecule has 2 aromatic carbocycles. The normalized spacial score (nSPS) is 14.9. The molecule has 0 saturated carbocycles. The molecule has 0 unspecified atom stereocenters. The van der Waals surface area contributed by atoms with Crippen molar-refractivity contribution >= 4 is 38.5 Å². The van der Waals surface area contributed by atoms with Crippen molar-refractivity contribution < 1.29 is 22.4 Å². The highest BCUT2D eigenvalue weighted by molar-refractivity contribution is 7.92. The number of hydrogen-bond acceptors (Lipinski definition) is 6. The van der Waals surface area contributed by atoms with Crippen molar-refractivity contribution in [3.63, 3.8) is 0 Å². The van der Waals surface area contributed by atoms with Crippen molar-refractivity contribution in [2.75, 3.05) is 41.9 Å². The Morgan fingerprint density at radius 3 is 2.29 bits per heavy atom. The van der Waals surface area contributed by atoms with Gasteiger partial charge in [0, 0.05) is 49.9 Å². The van der Waals surface area contributed by atoms with E-state index in [9.17, 15) is 13.2 Å². The van der Waals surface area contributed by atoms with Crippen molar-refractivity contribution in [3.8, 4) is 0 Å². The van der Waals surface area contributed by atoms with Gasteiger partial charge in [-0.15, -0.1) is 0 Å². The fourth-order valence-electron chi connectivity index (χ4n) is 4.09. The predicted octanol–water partition coefficient (Wildman–Crippen LogP) is 5.10. The minimum absolute atomic E-state index is 0.0607. The SMILES string of the molecule is CCCN(c1ccc(N2CCN(C(=O)OC(C)(C)C)CC2)cc1)S(=O)(=O)c1cc2ccccc2o1. The number of carbonyl (C=O) groups excluding carboxylic acids is 1. The van der Waals surface area contributed by atoms with E-state index in [1.807, 2.05) is 70.2 Å². The molecular weight excluding hydrogens is 466 g/mol. The Hall–Kier alpha value is -3.20. The predicted molar refractivity (Wildman–Crippen MR) is 137 cm³/mol. The Morgan fingerprint density at radius 1 is 1.03 bits per heavy atom. The summed E-state index contributed by atoms with van der Waals surface area (Å²) in [5.41, 5.74) is 1.60. The summed E-state index contributed by atoms with van der Waals surface area (Å²) in [5.74, 6) is 0. The number of benzene rings is 2. The molecule has 188 valence electrons. The molecule has 0 atom stereocenters. The van der Waals surface area contributed by atoms with E-state index in [-0.39, 0.29) is 11.2 Å². The third-order valence-corrected chi connectivity index (χ3v) is 7.49. The van der Waals surface area contributed by atoms with Gasteiger partial charge in [-0.25, -0.2) is 4.79 Å². The lowest BCUT2D eigenvalue weighted by Crippen LogP contribution is -2.50. The Morgan fingerprint density at radius 2 is 1.69 bits per heavy atom. The number of carbonyl (C=O) groups is 1. The first-order valence-corrected chi connectivity index (χ1v) is 13.4. The molecule has 0 spiro atoms. The van der Waals surface area contributed by atoms with Crippen molar-refractivity contribution in [3.05, 3.63) is 54.6 Å². The number of piperazine rings is 1. The van der Waals surface area contributed by atoms with Crippen LogP contribution in [-0.4, -0.2) is 57.7 Å². The summed E-state index contributed by atoms with van der Waals surface area (Å²) in [6.07, 6.45) is 0.367. The van der Waals surface area contributed by atoms with Crippen LogP contribution in [0.3, 0.4) is 0 Å². The molecule has 1 fully saturated rings. The van der Waals surface area contributed by atoms with Crippen LogP contribution in [0.2, 0.25) is 0 Å². The van der Waals surface area contributed by atoms with E-state index in [2.05, 4.69) is 4.90 Å². The van der Waals surface area contributed by atoms with Gasteiger partial charge in [0.15, 0.2) is 0 Å². The zero-order valence-corrected chi connectivity index (χ0v) is 21.5. The number of fused-ring (bicyclic) bond motifs is 1. The van der Waals surface area contributed by atoms with Crippen LogP contribution >= 0.6 is 0 Å². The van der Waals surface area contributed by atoms with Crippen molar-refractivity contribution in [2.24, 2.45) is 0 Å². The lowest BCUT2D eigenvalue weighted by atomic mass is 10.2. The molecule has 9 heteroatoms. The number of ether oxygens (including phenoxy) is 1. The lowest BCUT2D eigenvalue weighted by molar-refractivity contribution is 0.0240. The average Bonchev–Trinajstić information content (AvgIpc) is 3.27. The number of anilines is 2. The summed E-state index contributed by atoms with van der Waals surface area (Å²) in [6, 6.07) is 16.3. The minimum Gasteiger partial charge on any atom is -0.444 e. The highest BCUT2D eigenvalue weighted by Crippen LogP contribution is 2.30. The highest BCUT2D eigenvalue weighted by atomic mass is 32.2. The van der Waals surface area contributed by atoms with E-state index in [1.54, 1.807) is 17.0 Å². The highest BCUT2D eigenvalue weighted by Gasteiger charge is 2.29. The fourth-order valence-corrected chi connectivity index (χ4v) is 5.60. The van der Waals surface area contributed by atoms with Crippen LogP contribution in [0.25, 0.3) is 11.0 Å². The smallest absolute Gasteiger partial charge is 0.410 e. The molecule has 0 aliphatic carbocycles. The number of rotatable bonds is 6. The molecule has 3 aromatic rings. The maximum Gasteiger partial charge on any atom is 0.410 e. The Labute approximate surface area is 207 Å². The van der Waals surface area contributed by atoms with Gasteiger partial charge < -0.3 is 19.0 Å². The summed E-state index contributed by atoms with van der Waals surface area (Å²) in [5, 5.41) is 0.692. The summed E-state index contributed by atoms with van der Waals surface area (Å²) in [6.45, 7) is 10.4. The zero-order valence-electron chi connectivity index (χ0n) is 20.7. The first-order valence-electron chi connectivity index (χ1n) is 11.9. The standard InChI is InChI=1S/C26H33N3O5S/c1-5-14-29(35(31,32)24-19-20-8-6-7-9-23(20)33-24)22-12-10-21(11-13-22)27-15-17-28(18-16-27)25(30)34-26(2,3)4/h6-13,19H,5,14-18H2,1-4H3. The molecule has 0 radical (unpaired) electrons. The second-order valence-electron chi connectivity index (χ2n) is 9.65. The van der Waals surface area contributed by atoms with Gasteiger partial charge in [0.25, 0.3) is 10.0 Å². The van der Waals surface area contributed by atoms with Crippen molar-refractivity contribution in [2.45, 2.75) is 44.8 Å². The first-order chi connectivity index (χ1) is 16.6. The van der Waals surface area contributed by atoms with E-state index >= 15 is 0 Å². The van der Waals surface area contributed by atoms with Gasteiger partial charge in [-0.05, 0) is 57.5 Å². The molecule has 1 aliphatic rings. The quantitative estimate of drug-likeness (QED) is 0.470.